The number of anilines is 1. The van der Waals surface area contributed by atoms with Gasteiger partial charge in [0.1, 0.15) is 0 Å². The molecule has 0 spiro atoms. The Morgan fingerprint density at radius 3 is 2.26 bits per heavy atom. The molecule has 1 aromatic rings. The Bertz CT molecular complexity index is 460. The molecular formula is C11H16F2NO4P. The van der Waals surface area contributed by atoms with Gasteiger partial charge >= 0.3 is 13.3 Å². The van der Waals surface area contributed by atoms with Crippen LogP contribution in [0.5, 0.6) is 0 Å². The van der Waals surface area contributed by atoms with Crippen LogP contribution in [0.3, 0.4) is 0 Å². The smallest absolute Gasteiger partial charge is 0.304 e. The summed E-state index contributed by atoms with van der Waals surface area (Å²) in [4.78, 5) is 0. The molecule has 0 aliphatic carbocycles. The van der Waals surface area contributed by atoms with Gasteiger partial charge in [0.15, 0.2) is 0 Å². The topological polar surface area (TPSA) is 67.8 Å². The Morgan fingerprint density at radius 2 is 1.79 bits per heavy atom. The molecule has 0 heterocycles. The lowest BCUT2D eigenvalue weighted by molar-refractivity contribution is 0.0363. The lowest BCUT2D eigenvalue weighted by atomic mass is 10.2. The van der Waals surface area contributed by atoms with Gasteiger partial charge in [-0.05, 0) is 19.9 Å². The van der Waals surface area contributed by atoms with Gasteiger partial charge in [-0.3, -0.25) is 15.3 Å². The van der Waals surface area contributed by atoms with Crippen molar-refractivity contribution >= 4 is 13.3 Å². The Morgan fingerprint density at radius 1 is 1.26 bits per heavy atom. The second kappa shape index (κ2) is 6.43. The number of alkyl halides is 2. The van der Waals surface area contributed by atoms with Gasteiger partial charge < -0.3 is 9.05 Å². The van der Waals surface area contributed by atoms with E-state index >= 15 is 0 Å². The summed E-state index contributed by atoms with van der Waals surface area (Å²) in [6, 6.07) is 5.06. The van der Waals surface area contributed by atoms with Crippen molar-refractivity contribution in [1.82, 2.24) is 0 Å². The highest BCUT2D eigenvalue weighted by molar-refractivity contribution is 7.54. The monoisotopic (exact) mass is 295 g/mol. The Labute approximate surface area is 110 Å². The van der Waals surface area contributed by atoms with Crippen LogP contribution >= 0.6 is 7.60 Å². The molecule has 0 bridgehead atoms. The zero-order chi connectivity index (χ0) is 14.5. The molecule has 0 fully saturated rings. The highest BCUT2D eigenvalue weighted by atomic mass is 31.2. The number of halogens is 2. The van der Waals surface area contributed by atoms with Crippen LogP contribution < -0.4 is 5.48 Å². The van der Waals surface area contributed by atoms with E-state index in [0.29, 0.717) is 0 Å². The van der Waals surface area contributed by atoms with Crippen LogP contribution in [0.15, 0.2) is 24.3 Å². The standard InChI is InChI=1S/C11H16F2NO4P/c1-3-17-19(16,18-4-2)11(12,13)9-7-5-6-8-10(9)14-15/h5-8,14-15H,3-4H2,1-2H3. The fraction of sp³-hybridized carbons (Fsp3) is 0.455. The van der Waals surface area contributed by atoms with Crippen molar-refractivity contribution in [2.45, 2.75) is 19.5 Å². The third-order valence-electron chi connectivity index (χ3n) is 2.31. The first-order valence-corrected chi connectivity index (χ1v) is 7.23. The quantitative estimate of drug-likeness (QED) is 0.591. The third kappa shape index (κ3) is 3.12. The predicted molar refractivity (Wildman–Crippen MR) is 66.6 cm³/mol. The number of para-hydroxylation sites is 1. The van der Waals surface area contributed by atoms with E-state index in [1.807, 2.05) is 0 Å². The van der Waals surface area contributed by atoms with Crippen molar-refractivity contribution in [3.63, 3.8) is 0 Å². The minimum absolute atomic E-state index is 0.179. The van der Waals surface area contributed by atoms with E-state index in [-0.39, 0.29) is 18.9 Å². The lowest BCUT2D eigenvalue weighted by Crippen LogP contribution is -2.19. The zero-order valence-corrected chi connectivity index (χ0v) is 11.5. The van der Waals surface area contributed by atoms with E-state index in [1.165, 1.54) is 32.0 Å². The maximum atomic E-state index is 14.4. The lowest BCUT2D eigenvalue weighted by Gasteiger charge is -2.27. The summed E-state index contributed by atoms with van der Waals surface area (Å²) in [5.41, 5.74) is -3.13. The molecule has 0 aliphatic heterocycles. The molecule has 0 unspecified atom stereocenters. The molecule has 0 radical (unpaired) electrons. The van der Waals surface area contributed by atoms with Gasteiger partial charge in [0, 0.05) is 0 Å². The van der Waals surface area contributed by atoms with E-state index < -0.39 is 18.8 Å². The SMILES string of the molecule is CCOP(=O)(OCC)C(F)(F)c1ccccc1NO. The highest BCUT2D eigenvalue weighted by Gasteiger charge is 2.55. The van der Waals surface area contributed by atoms with Gasteiger partial charge in [0.25, 0.3) is 0 Å². The van der Waals surface area contributed by atoms with Crippen LogP contribution in [0.2, 0.25) is 0 Å². The van der Waals surface area contributed by atoms with Gasteiger partial charge in [0.2, 0.25) is 0 Å². The first-order valence-electron chi connectivity index (χ1n) is 5.69. The normalized spacial score (nSPS) is 12.5. The maximum Gasteiger partial charge on any atom is 0.404 e. The average Bonchev–Trinajstić information content (AvgIpc) is 2.39. The third-order valence-corrected chi connectivity index (χ3v) is 4.44. The molecule has 19 heavy (non-hydrogen) atoms. The summed E-state index contributed by atoms with van der Waals surface area (Å²) >= 11 is 0. The van der Waals surface area contributed by atoms with Gasteiger partial charge in [0.05, 0.1) is 24.5 Å². The van der Waals surface area contributed by atoms with E-state index in [0.717, 1.165) is 6.07 Å². The van der Waals surface area contributed by atoms with Crippen molar-refractivity contribution in [2.75, 3.05) is 18.7 Å². The van der Waals surface area contributed by atoms with E-state index in [9.17, 15) is 13.3 Å². The molecule has 1 rings (SSSR count). The summed E-state index contributed by atoms with van der Waals surface area (Å²) < 4.78 is 50.2. The van der Waals surface area contributed by atoms with Gasteiger partial charge in [-0.25, -0.2) is 0 Å². The molecule has 0 atom stereocenters. The van der Waals surface area contributed by atoms with Crippen molar-refractivity contribution < 1.29 is 27.6 Å². The minimum atomic E-state index is -4.67. The van der Waals surface area contributed by atoms with E-state index in [4.69, 9.17) is 5.21 Å². The Hall–Kier alpha value is -1.01. The number of rotatable bonds is 7. The second-order valence-corrected chi connectivity index (χ2v) is 5.60. The predicted octanol–water partition coefficient (Wildman–Crippen LogP) is 3.80. The first kappa shape index (κ1) is 16.0. The second-order valence-electron chi connectivity index (χ2n) is 3.53. The molecule has 2 N–H and O–H groups in total. The molecular weight excluding hydrogens is 279 g/mol. The Balaban J connectivity index is 3.30. The molecule has 1 aromatic carbocycles. The van der Waals surface area contributed by atoms with Gasteiger partial charge in [-0.1, -0.05) is 18.2 Å². The fourth-order valence-corrected chi connectivity index (χ4v) is 3.10. The average molecular weight is 295 g/mol. The van der Waals surface area contributed by atoms with Crippen molar-refractivity contribution in [3.05, 3.63) is 29.8 Å². The van der Waals surface area contributed by atoms with Crippen molar-refractivity contribution in [1.29, 1.82) is 0 Å². The molecule has 0 saturated carbocycles. The summed E-state index contributed by atoms with van der Waals surface area (Å²) in [6.07, 6.45) is 0. The molecule has 8 heteroatoms. The fourth-order valence-electron chi connectivity index (χ4n) is 1.53. The van der Waals surface area contributed by atoms with Crippen molar-refractivity contribution in [3.8, 4) is 0 Å². The van der Waals surface area contributed by atoms with Crippen LogP contribution in [0.1, 0.15) is 19.4 Å². The summed E-state index contributed by atoms with van der Waals surface area (Å²) in [7, 11) is -4.67. The first-order chi connectivity index (χ1) is 8.93. The number of hydrogen-bond acceptors (Lipinski definition) is 5. The van der Waals surface area contributed by atoms with Crippen LogP contribution in [0, 0.1) is 0 Å². The zero-order valence-electron chi connectivity index (χ0n) is 10.6. The largest absolute Gasteiger partial charge is 0.404 e. The molecule has 5 nitrogen and oxygen atoms in total. The number of benzene rings is 1. The van der Waals surface area contributed by atoms with E-state index in [1.54, 1.807) is 5.48 Å². The Kier molecular flexibility index (Phi) is 5.43. The highest BCUT2D eigenvalue weighted by Crippen LogP contribution is 2.67. The molecule has 0 aliphatic rings. The van der Waals surface area contributed by atoms with E-state index in [2.05, 4.69) is 9.05 Å². The van der Waals surface area contributed by atoms with Crippen LogP contribution in [0.25, 0.3) is 0 Å². The summed E-state index contributed by atoms with van der Waals surface area (Å²) in [5, 5.41) is 8.85. The van der Waals surface area contributed by atoms with Gasteiger partial charge in [-0.15, -0.1) is 0 Å². The van der Waals surface area contributed by atoms with Crippen LogP contribution in [0.4, 0.5) is 14.5 Å². The minimum Gasteiger partial charge on any atom is -0.304 e. The molecule has 0 saturated heterocycles. The maximum absolute atomic E-state index is 14.4. The molecule has 0 amide bonds. The van der Waals surface area contributed by atoms with Crippen molar-refractivity contribution in [2.24, 2.45) is 0 Å². The molecule has 0 aromatic heterocycles. The summed E-state index contributed by atoms with van der Waals surface area (Å²) in [6.45, 7) is 2.53. The summed E-state index contributed by atoms with van der Waals surface area (Å²) in [5.74, 6) is 0. The van der Waals surface area contributed by atoms with Crippen LogP contribution in [-0.4, -0.2) is 18.4 Å². The number of nitrogens with one attached hydrogen (secondary N) is 1. The van der Waals surface area contributed by atoms with Gasteiger partial charge in [-0.2, -0.15) is 8.78 Å². The number of hydrogen-bond donors (Lipinski definition) is 2. The molecule has 108 valence electrons. The van der Waals surface area contributed by atoms with Crippen LogP contribution in [-0.2, 0) is 19.3 Å².